The molecule has 3 N–H and O–H groups in total. The van der Waals surface area contributed by atoms with Crippen molar-refractivity contribution in [1.82, 2.24) is 16.2 Å². The summed E-state index contributed by atoms with van der Waals surface area (Å²) in [6, 6.07) is 12.2. The normalized spacial score (nSPS) is 9.81. The van der Waals surface area contributed by atoms with Gasteiger partial charge in [0.15, 0.2) is 11.7 Å². The molecule has 0 saturated heterocycles. The quantitative estimate of drug-likeness (QED) is 0.404. The first-order valence-corrected chi connectivity index (χ1v) is 8.10. The summed E-state index contributed by atoms with van der Waals surface area (Å²) in [6.45, 7) is 1.51. The first-order chi connectivity index (χ1) is 12.8. The molecule has 0 radical (unpaired) electrons. The molecule has 2 aromatic carbocycles. The molecular formula is C17H16N4O5S. The van der Waals surface area contributed by atoms with Crippen molar-refractivity contribution < 1.29 is 19.2 Å². The Balaban J connectivity index is 1.73. The van der Waals surface area contributed by atoms with Crippen LogP contribution in [-0.4, -0.2) is 28.5 Å². The average molecular weight is 388 g/mol. The molecule has 2 aromatic rings. The third-order valence-electron chi connectivity index (χ3n) is 3.24. The smallest absolute Gasteiger partial charge is 0.276 e. The van der Waals surface area contributed by atoms with Crippen LogP contribution in [0.4, 0.5) is 5.69 Å². The summed E-state index contributed by atoms with van der Waals surface area (Å²) in [5.41, 5.74) is 5.95. The standard InChI is InChI=1S/C17H16N4O5S/c1-11-3-2-4-12(9-11)16(23)18-17(27)20-19-15(22)10-26-14-7-5-13(6-8-14)21(24)25/h2-9H,10H2,1H3,(H,19,22)(H2,18,20,23,27). The predicted octanol–water partition coefficient (Wildman–Crippen LogP) is 1.62. The van der Waals surface area contributed by atoms with Crippen molar-refractivity contribution >= 4 is 34.8 Å². The molecule has 0 fully saturated rings. The number of carbonyl (C=O) groups is 2. The average Bonchev–Trinajstić information content (AvgIpc) is 2.65. The predicted molar refractivity (Wildman–Crippen MR) is 101 cm³/mol. The zero-order valence-corrected chi connectivity index (χ0v) is 15.0. The molecule has 0 bridgehead atoms. The summed E-state index contributed by atoms with van der Waals surface area (Å²) in [7, 11) is 0. The summed E-state index contributed by atoms with van der Waals surface area (Å²) in [5.74, 6) is -0.667. The van der Waals surface area contributed by atoms with Gasteiger partial charge in [-0.1, -0.05) is 17.7 Å². The molecule has 0 aliphatic heterocycles. The number of carbonyl (C=O) groups excluding carboxylic acids is 2. The number of nitrogens with one attached hydrogen (secondary N) is 3. The minimum Gasteiger partial charge on any atom is -0.484 e. The molecule has 0 heterocycles. The Bertz CT molecular complexity index is 870. The van der Waals surface area contributed by atoms with Gasteiger partial charge in [-0.25, -0.2) is 0 Å². The Kier molecular flexibility index (Phi) is 6.78. The zero-order chi connectivity index (χ0) is 19.8. The number of aryl methyl sites for hydroxylation is 1. The molecule has 9 nitrogen and oxygen atoms in total. The van der Waals surface area contributed by atoms with Crippen LogP contribution in [0.15, 0.2) is 48.5 Å². The number of hydrazine groups is 1. The Morgan fingerprint density at radius 2 is 1.85 bits per heavy atom. The van der Waals surface area contributed by atoms with Crippen LogP contribution >= 0.6 is 12.2 Å². The molecule has 0 saturated carbocycles. The van der Waals surface area contributed by atoms with E-state index in [2.05, 4.69) is 16.2 Å². The Morgan fingerprint density at radius 1 is 1.15 bits per heavy atom. The molecule has 0 aliphatic carbocycles. The van der Waals surface area contributed by atoms with Gasteiger partial charge in [0, 0.05) is 17.7 Å². The number of hydrogen-bond donors (Lipinski definition) is 3. The van der Waals surface area contributed by atoms with E-state index in [4.69, 9.17) is 17.0 Å². The fourth-order valence-electron chi connectivity index (χ4n) is 1.97. The topological polar surface area (TPSA) is 123 Å². The SMILES string of the molecule is Cc1cccc(C(=O)NC(=S)NNC(=O)COc2ccc([N+](=O)[O-])cc2)c1. The molecular weight excluding hydrogens is 372 g/mol. The van der Waals surface area contributed by atoms with Crippen LogP contribution < -0.4 is 20.9 Å². The van der Waals surface area contributed by atoms with E-state index in [0.29, 0.717) is 11.3 Å². The second-order valence-electron chi connectivity index (χ2n) is 5.37. The van der Waals surface area contributed by atoms with Crippen molar-refractivity contribution in [3.8, 4) is 5.75 Å². The number of rotatable bonds is 5. The molecule has 27 heavy (non-hydrogen) atoms. The lowest BCUT2D eigenvalue weighted by molar-refractivity contribution is -0.384. The molecule has 2 rings (SSSR count). The van der Waals surface area contributed by atoms with Crippen LogP contribution in [0.5, 0.6) is 5.75 Å². The van der Waals surface area contributed by atoms with Gasteiger partial charge in [-0.3, -0.25) is 35.9 Å². The number of nitro groups is 1. The molecule has 0 unspecified atom stereocenters. The number of ether oxygens (including phenoxy) is 1. The molecule has 0 aliphatic rings. The fraction of sp³-hybridized carbons (Fsp3) is 0.118. The first kappa shape index (κ1) is 19.8. The number of nitro benzene ring substituents is 1. The number of thiocarbonyl (C=S) groups is 1. The maximum Gasteiger partial charge on any atom is 0.276 e. The van der Waals surface area contributed by atoms with Crippen LogP contribution in [0.3, 0.4) is 0 Å². The van der Waals surface area contributed by atoms with Gasteiger partial charge in [-0.15, -0.1) is 0 Å². The molecule has 10 heteroatoms. The molecule has 2 amide bonds. The van der Waals surface area contributed by atoms with Gasteiger partial charge < -0.3 is 4.74 Å². The maximum absolute atomic E-state index is 12.0. The Morgan fingerprint density at radius 3 is 2.48 bits per heavy atom. The number of amides is 2. The number of benzene rings is 2. The lowest BCUT2D eigenvalue weighted by atomic mass is 10.1. The van der Waals surface area contributed by atoms with Gasteiger partial charge in [0.1, 0.15) is 5.75 Å². The van der Waals surface area contributed by atoms with Crippen molar-refractivity contribution in [3.63, 3.8) is 0 Å². The van der Waals surface area contributed by atoms with Crippen LogP contribution in [0.1, 0.15) is 15.9 Å². The number of hydrogen-bond acceptors (Lipinski definition) is 6. The van der Waals surface area contributed by atoms with E-state index in [0.717, 1.165) is 5.56 Å². The highest BCUT2D eigenvalue weighted by Gasteiger charge is 2.09. The monoisotopic (exact) mass is 388 g/mol. The summed E-state index contributed by atoms with van der Waals surface area (Å²) >= 11 is 4.94. The van der Waals surface area contributed by atoms with Crippen LogP contribution in [0.2, 0.25) is 0 Å². The third kappa shape index (κ3) is 6.36. The lowest BCUT2D eigenvalue weighted by Crippen LogP contribution is -2.49. The Hall–Kier alpha value is -3.53. The van der Waals surface area contributed by atoms with E-state index >= 15 is 0 Å². The van der Waals surface area contributed by atoms with Gasteiger partial charge in [0.05, 0.1) is 4.92 Å². The highest BCUT2D eigenvalue weighted by molar-refractivity contribution is 7.80. The van der Waals surface area contributed by atoms with E-state index in [9.17, 15) is 19.7 Å². The van der Waals surface area contributed by atoms with Gasteiger partial charge in [-0.2, -0.15) is 0 Å². The van der Waals surface area contributed by atoms with E-state index in [1.54, 1.807) is 18.2 Å². The largest absolute Gasteiger partial charge is 0.484 e. The van der Waals surface area contributed by atoms with Crippen LogP contribution in [0.25, 0.3) is 0 Å². The summed E-state index contributed by atoms with van der Waals surface area (Å²) < 4.78 is 5.19. The van der Waals surface area contributed by atoms with E-state index in [1.165, 1.54) is 24.3 Å². The van der Waals surface area contributed by atoms with E-state index in [-0.39, 0.29) is 17.4 Å². The van der Waals surface area contributed by atoms with Crippen molar-refractivity contribution in [2.45, 2.75) is 6.92 Å². The minimum atomic E-state index is -0.555. The minimum absolute atomic E-state index is 0.0785. The van der Waals surface area contributed by atoms with E-state index in [1.807, 2.05) is 13.0 Å². The first-order valence-electron chi connectivity index (χ1n) is 7.69. The molecule has 0 spiro atoms. The van der Waals surface area contributed by atoms with Gasteiger partial charge in [0.2, 0.25) is 0 Å². The van der Waals surface area contributed by atoms with Gasteiger partial charge in [-0.05, 0) is 43.4 Å². The zero-order valence-electron chi connectivity index (χ0n) is 14.2. The molecule has 0 aromatic heterocycles. The van der Waals surface area contributed by atoms with Crippen molar-refractivity contribution in [3.05, 3.63) is 69.8 Å². The number of nitrogens with zero attached hydrogens (tertiary/aromatic N) is 1. The van der Waals surface area contributed by atoms with Gasteiger partial charge in [0.25, 0.3) is 17.5 Å². The lowest BCUT2D eigenvalue weighted by Gasteiger charge is -2.11. The fourth-order valence-corrected chi connectivity index (χ4v) is 2.11. The highest BCUT2D eigenvalue weighted by atomic mass is 32.1. The van der Waals surface area contributed by atoms with Crippen LogP contribution in [-0.2, 0) is 4.79 Å². The number of non-ortho nitro benzene ring substituents is 1. The van der Waals surface area contributed by atoms with Crippen LogP contribution in [0, 0.1) is 17.0 Å². The summed E-state index contributed by atoms with van der Waals surface area (Å²) in [4.78, 5) is 33.8. The maximum atomic E-state index is 12.0. The van der Waals surface area contributed by atoms with E-state index < -0.39 is 16.7 Å². The third-order valence-corrected chi connectivity index (χ3v) is 3.44. The van der Waals surface area contributed by atoms with Gasteiger partial charge >= 0.3 is 0 Å². The van der Waals surface area contributed by atoms with Crippen molar-refractivity contribution in [2.75, 3.05) is 6.61 Å². The highest BCUT2D eigenvalue weighted by Crippen LogP contribution is 2.16. The Labute approximate surface area is 159 Å². The second-order valence-corrected chi connectivity index (χ2v) is 5.77. The summed E-state index contributed by atoms with van der Waals surface area (Å²) in [5, 5.41) is 12.9. The second kappa shape index (κ2) is 9.25. The van der Waals surface area contributed by atoms with Crippen molar-refractivity contribution in [2.24, 2.45) is 0 Å². The summed E-state index contributed by atoms with van der Waals surface area (Å²) in [6.07, 6.45) is 0. The van der Waals surface area contributed by atoms with Crippen molar-refractivity contribution in [1.29, 1.82) is 0 Å². The molecule has 0 atom stereocenters. The molecule has 140 valence electrons.